The Morgan fingerprint density at radius 3 is 2.14 bits per heavy atom. The summed E-state index contributed by atoms with van der Waals surface area (Å²) in [5, 5.41) is 2.12. The molecule has 0 spiro atoms. The fourth-order valence-corrected chi connectivity index (χ4v) is 3.58. The average molecular weight is 373 g/mol. The van der Waals surface area contributed by atoms with Gasteiger partial charge in [-0.05, 0) is 34.5 Å². The highest BCUT2D eigenvalue weighted by atomic mass is 16.2. The van der Waals surface area contributed by atoms with Gasteiger partial charge in [0.15, 0.2) is 0 Å². The molecule has 0 bridgehead atoms. The number of hydrogen-bond acceptors (Lipinski definition) is 2. The van der Waals surface area contributed by atoms with Gasteiger partial charge in [0, 0.05) is 12.1 Å². The summed E-state index contributed by atoms with van der Waals surface area (Å²) in [5.41, 5.74) is 2.54. The van der Waals surface area contributed by atoms with E-state index < -0.39 is 0 Å². The number of benzene rings is 3. The first kappa shape index (κ1) is 19.8. The molecule has 1 amide bonds. The van der Waals surface area contributed by atoms with Crippen LogP contribution in [0.2, 0.25) is 0 Å². The van der Waals surface area contributed by atoms with Crippen LogP contribution >= 0.6 is 0 Å². The van der Waals surface area contributed by atoms with Gasteiger partial charge in [-0.25, -0.2) is 0 Å². The van der Waals surface area contributed by atoms with Crippen molar-refractivity contribution in [1.29, 1.82) is 0 Å². The average Bonchev–Trinajstić information content (AvgIpc) is 2.84. The van der Waals surface area contributed by atoms with Crippen LogP contribution in [0.5, 0.6) is 0 Å². The van der Waals surface area contributed by atoms with Gasteiger partial charge >= 0.3 is 0 Å². The van der Waals surface area contributed by atoms with Crippen molar-refractivity contribution >= 4 is 33.8 Å². The summed E-state index contributed by atoms with van der Waals surface area (Å²) in [6, 6.07) is 21.4. The monoisotopic (exact) mass is 373 g/mol. The molecule has 4 rings (SSSR count). The number of carbonyl (C=O) groups is 2. The van der Waals surface area contributed by atoms with Crippen molar-refractivity contribution in [2.24, 2.45) is 0 Å². The van der Waals surface area contributed by atoms with Crippen molar-refractivity contribution in [2.75, 3.05) is 4.90 Å². The summed E-state index contributed by atoms with van der Waals surface area (Å²) in [6.07, 6.45) is 4.32. The Bertz CT molecular complexity index is 961. The number of unbranched alkanes of at least 4 members (excludes halogenated alkanes) is 2. The number of nitrogens with zero attached hydrogens (tertiary/aromatic N) is 1. The van der Waals surface area contributed by atoms with E-state index in [1.165, 1.54) is 19.3 Å². The van der Waals surface area contributed by atoms with E-state index in [1.807, 2.05) is 66.7 Å². The Morgan fingerprint density at radius 2 is 1.46 bits per heavy atom. The fraction of sp³-hybridized carbons (Fsp3) is 0.280. The number of hydrogen-bond donors (Lipinski definition) is 0. The number of fused-ring (bicyclic) bond motifs is 3. The van der Waals surface area contributed by atoms with Crippen molar-refractivity contribution < 1.29 is 9.59 Å². The number of para-hydroxylation sites is 1. The Kier molecular flexibility index (Phi) is 6.59. The predicted molar refractivity (Wildman–Crippen MR) is 116 cm³/mol. The van der Waals surface area contributed by atoms with E-state index in [-0.39, 0.29) is 18.1 Å². The third-order valence-corrected chi connectivity index (χ3v) is 4.95. The zero-order chi connectivity index (χ0) is 19.9. The van der Waals surface area contributed by atoms with Crippen molar-refractivity contribution in [3.05, 3.63) is 72.3 Å². The maximum atomic E-state index is 12.6. The van der Waals surface area contributed by atoms with Crippen LogP contribution in [0.4, 0.5) is 11.4 Å². The first-order chi connectivity index (χ1) is 13.7. The molecule has 0 radical (unpaired) electrons. The molecule has 0 saturated heterocycles. The molecule has 3 nitrogen and oxygen atoms in total. The minimum absolute atomic E-state index is 0.0361. The Balaban J connectivity index is 0.000000403. The van der Waals surface area contributed by atoms with Gasteiger partial charge in [-0.2, -0.15) is 0 Å². The lowest BCUT2D eigenvalue weighted by atomic mass is 9.98. The molecule has 3 aromatic rings. The van der Waals surface area contributed by atoms with Crippen LogP contribution in [0.25, 0.3) is 10.8 Å². The highest BCUT2D eigenvalue weighted by molar-refractivity contribution is 6.14. The van der Waals surface area contributed by atoms with Gasteiger partial charge in [-0.3, -0.25) is 14.5 Å². The maximum Gasteiger partial charge on any atom is 0.239 e. The summed E-state index contributed by atoms with van der Waals surface area (Å²) in [7, 11) is 0. The third-order valence-electron chi connectivity index (χ3n) is 4.95. The van der Waals surface area contributed by atoms with E-state index in [0.29, 0.717) is 6.42 Å². The second kappa shape index (κ2) is 9.32. The van der Waals surface area contributed by atoms with Gasteiger partial charge in [0.25, 0.3) is 0 Å². The summed E-state index contributed by atoms with van der Waals surface area (Å²) in [5.74, 6) is -0.207. The van der Waals surface area contributed by atoms with E-state index in [1.54, 1.807) is 4.90 Å². The SMILES string of the molecule is CCCCC.O=C1CC(=O)N(c2ccccc2)c2ccc3ccccc3c2C1. The smallest absolute Gasteiger partial charge is 0.239 e. The van der Waals surface area contributed by atoms with E-state index in [9.17, 15) is 9.59 Å². The zero-order valence-corrected chi connectivity index (χ0v) is 16.7. The summed E-state index contributed by atoms with van der Waals surface area (Å²) >= 11 is 0. The molecule has 0 fully saturated rings. The molecular weight excluding hydrogens is 346 g/mol. The van der Waals surface area contributed by atoms with Crippen LogP contribution in [0.3, 0.4) is 0 Å². The zero-order valence-electron chi connectivity index (χ0n) is 16.7. The van der Waals surface area contributed by atoms with E-state index in [0.717, 1.165) is 27.7 Å². The molecule has 144 valence electrons. The molecule has 0 atom stereocenters. The molecule has 1 aliphatic heterocycles. The van der Waals surface area contributed by atoms with Crippen LogP contribution in [-0.4, -0.2) is 11.7 Å². The lowest BCUT2D eigenvalue weighted by Gasteiger charge is -2.23. The molecular formula is C25H27NO2. The first-order valence-corrected chi connectivity index (χ1v) is 10.1. The summed E-state index contributed by atoms with van der Waals surface area (Å²) in [6.45, 7) is 4.42. The van der Waals surface area contributed by atoms with Gasteiger partial charge in [0.1, 0.15) is 5.78 Å². The first-order valence-electron chi connectivity index (χ1n) is 10.1. The standard InChI is InChI=1S/C20H15NO2.C5H12/c22-16-12-18-17-9-5-4-6-14(17)10-11-19(18)21(20(23)13-16)15-7-2-1-3-8-15;1-3-5-4-2/h1-11H,12-13H2;3-5H2,1-2H3. The molecule has 0 aromatic heterocycles. The fourth-order valence-electron chi connectivity index (χ4n) is 3.58. The molecule has 3 heteroatoms. The minimum Gasteiger partial charge on any atom is -0.299 e. The maximum absolute atomic E-state index is 12.6. The molecule has 3 aromatic carbocycles. The van der Waals surface area contributed by atoms with Crippen LogP contribution in [-0.2, 0) is 16.0 Å². The second-order valence-corrected chi connectivity index (χ2v) is 7.09. The topological polar surface area (TPSA) is 37.4 Å². The van der Waals surface area contributed by atoms with Gasteiger partial charge in [0.05, 0.1) is 12.1 Å². The van der Waals surface area contributed by atoms with Crippen LogP contribution in [0, 0.1) is 0 Å². The lowest BCUT2D eigenvalue weighted by Crippen LogP contribution is -2.26. The largest absolute Gasteiger partial charge is 0.299 e. The molecule has 0 saturated carbocycles. The molecule has 0 N–H and O–H groups in total. The predicted octanol–water partition coefficient (Wildman–Crippen LogP) is 6.22. The lowest BCUT2D eigenvalue weighted by molar-refractivity contribution is -0.125. The normalized spacial score (nSPS) is 13.6. The number of rotatable bonds is 3. The molecule has 0 unspecified atom stereocenters. The van der Waals surface area contributed by atoms with Gasteiger partial charge in [-0.15, -0.1) is 0 Å². The quantitative estimate of drug-likeness (QED) is 0.511. The Hall–Kier alpha value is -2.94. The molecule has 0 aliphatic carbocycles. The third kappa shape index (κ3) is 4.30. The molecule has 1 heterocycles. The van der Waals surface area contributed by atoms with Crippen molar-refractivity contribution in [3.8, 4) is 0 Å². The highest BCUT2D eigenvalue weighted by Crippen LogP contribution is 2.36. The van der Waals surface area contributed by atoms with Gasteiger partial charge < -0.3 is 0 Å². The number of amides is 1. The highest BCUT2D eigenvalue weighted by Gasteiger charge is 2.28. The van der Waals surface area contributed by atoms with Crippen molar-refractivity contribution in [2.45, 2.75) is 46.0 Å². The van der Waals surface area contributed by atoms with Gasteiger partial charge in [-0.1, -0.05) is 81.6 Å². The minimum atomic E-state index is -0.171. The number of anilines is 2. The van der Waals surface area contributed by atoms with Crippen molar-refractivity contribution in [3.63, 3.8) is 0 Å². The number of Topliss-reactive ketones (excluding diaryl/α,β-unsaturated/α-hetero) is 1. The second-order valence-electron chi connectivity index (χ2n) is 7.09. The Morgan fingerprint density at radius 1 is 0.786 bits per heavy atom. The van der Waals surface area contributed by atoms with Crippen molar-refractivity contribution in [1.82, 2.24) is 0 Å². The Labute approximate surface area is 167 Å². The summed E-state index contributed by atoms with van der Waals surface area (Å²) in [4.78, 5) is 26.5. The van der Waals surface area contributed by atoms with Crippen LogP contribution < -0.4 is 4.90 Å². The van der Waals surface area contributed by atoms with Gasteiger partial charge in [0.2, 0.25) is 5.91 Å². The number of ketones is 1. The molecule has 28 heavy (non-hydrogen) atoms. The van der Waals surface area contributed by atoms with Crippen LogP contribution in [0.15, 0.2) is 66.7 Å². The van der Waals surface area contributed by atoms with E-state index in [4.69, 9.17) is 0 Å². The molecule has 1 aliphatic rings. The summed E-state index contributed by atoms with van der Waals surface area (Å²) < 4.78 is 0. The number of carbonyl (C=O) groups excluding carboxylic acids is 2. The van der Waals surface area contributed by atoms with E-state index >= 15 is 0 Å². The van der Waals surface area contributed by atoms with Crippen LogP contribution in [0.1, 0.15) is 45.1 Å². The van der Waals surface area contributed by atoms with E-state index in [2.05, 4.69) is 13.8 Å².